The van der Waals surface area contributed by atoms with Crippen LogP contribution in [0.2, 0.25) is 5.02 Å². The second-order valence-corrected chi connectivity index (χ2v) is 7.34. The molecule has 1 fully saturated rings. The first-order valence-corrected chi connectivity index (χ1v) is 7.88. The fourth-order valence-electron chi connectivity index (χ4n) is 2.26. The molecule has 1 N–H and O–H groups in total. The van der Waals surface area contributed by atoms with Crippen molar-refractivity contribution >= 4 is 24.2 Å². The van der Waals surface area contributed by atoms with E-state index in [4.69, 9.17) is 20.9 Å². The maximum Gasteiger partial charge on any atom is 0.495 e. The summed E-state index contributed by atoms with van der Waals surface area (Å²) in [6, 6.07) is 6.29. The molecule has 0 unspecified atom stereocenters. The van der Waals surface area contributed by atoms with Gasteiger partial charge in [0.15, 0.2) is 0 Å². The molecule has 3 nitrogen and oxygen atoms in total. The Hall–Kier alpha value is -0.545. The van der Waals surface area contributed by atoms with Crippen LogP contribution < -0.4 is 10.8 Å². The molecule has 2 rings (SSSR count). The van der Waals surface area contributed by atoms with Crippen LogP contribution in [0.25, 0.3) is 0 Å². The van der Waals surface area contributed by atoms with Crippen molar-refractivity contribution in [2.24, 2.45) is 0 Å². The number of halogens is 1. The van der Waals surface area contributed by atoms with E-state index in [2.05, 4.69) is 46.9 Å². The molecule has 0 spiro atoms. The first-order chi connectivity index (χ1) is 9.64. The van der Waals surface area contributed by atoms with Crippen molar-refractivity contribution in [1.29, 1.82) is 0 Å². The van der Waals surface area contributed by atoms with Crippen LogP contribution in [0, 0.1) is 0 Å². The first kappa shape index (κ1) is 16.8. The van der Waals surface area contributed by atoms with E-state index in [0.29, 0.717) is 12.6 Å². The number of rotatable bonds is 4. The van der Waals surface area contributed by atoms with Crippen LogP contribution in [0.4, 0.5) is 0 Å². The van der Waals surface area contributed by atoms with E-state index in [1.165, 1.54) is 0 Å². The van der Waals surface area contributed by atoms with Gasteiger partial charge in [-0.3, -0.25) is 0 Å². The Kier molecular flexibility index (Phi) is 4.74. The zero-order chi connectivity index (χ0) is 15.8. The molecule has 0 atom stereocenters. The van der Waals surface area contributed by atoms with Gasteiger partial charge >= 0.3 is 7.12 Å². The number of hydrogen-bond donors (Lipinski definition) is 1. The molecule has 5 heteroatoms. The van der Waals surface area contributed by atoms with Crippen LogP contribution in [0.1, 0.15) is 47.1 Å². The minimum absolute atomic E-state index is 0.345. The molecule has 1 aromatic carbocycles. The predicted octanol–water partition coefficient (Wildman–Crippen LogP) is 3.14. The topological polar surface area (TPSA) is 30.5 Å². The average molecular weight is 310 g/mol. The van der Waals surface area contributed by atoms with E-state index in [-0.39, 0.29) is 18.3 Å². The lowest BCUT2D eigenvalue weighted by Gasteiger charge is -2.32. The van der Waals surface area contributed by atoms with Gasteiger partial charge in [0.2, 0.25) is 0 Å². The molecule has 0 aliphatic carbocycles. The smallest absolute Gasteiger partial charge is 0.399 e. The van der Waals surface area contributed by atoms with Gasteiger partial charge in [0.05, 0.1) is 11.2 Å². The summed E-state index contributed by atoms with van der Waals surface area (Å²) >= 11 is 6.38. The molecule has 0 bridgehead atoms. The van der Waals surface area contributed by atoms with Gasteiger partial charge in [-0.05, 0) is 44.8 Å². The standard InChI is InChI=1S/C16H25BClNO2/c1-11(2)19-10-12-13(8-7-9-14(12)18)17-20-15(3,4)16(5,6)21-17/h7-9,11,19H,10H2,1-6H3. The fourth-order valence-corrected chi connectivity index (χ4v) is 2.51. The number of nitrogens with one attached hydrogen (secondary N) is 1. The highest BCUT2D eigenvalue weighted by molar-refractivity contribution is 6.63. The van der Waals surface area contributed by atoms with Gasteiger partial charge in [-0.1, -0.05) is 37.6 Å². The first-order valence-electron chi connectivity index (χ1n) is 7.50. The Labute approximate surface area is 133 Å². The van der Waals surface area contributed by atoms with Gasteiger partial charge in [-0.2, -0.15) is 0 Å². The van der Waals surface area contributed by atoms with Crippen LogP contribution in [-0.4, -0.2) is 24.4 Å². The summed E-state index contributed by atoms with van der Waals surface area (Å²) in [6.07, 6.45) is 0. The third kappa shape index (κ3) is 3.45. The molecule has 1 aliphatic rings. The molecule has 0 amide bonds. The fraction of sp³-hybridized carbons (Fsp3) is 0.625. The van der Waals surface area contributed by atoms with Crippen molar-refractivity contribution in [3.8, 4) is 0 Å². The summed E-state index contributed by atoms with van der Waals surface area (Å²) in [5.41, 5.74) is 1.37. The molecule has 0 saturated carbocycles. The minimum Gasteiger partial charge on any atom is -0.399 e. The highest BCUT2D eigenvalue weighted by Gasteiger charge is 2.52. The van der Waals surface area contributed by atoms with E-state index < -0.39 is 0 Å². The molecule has 1 aromatic rings. The molecule has 21 heavy (non-hydrogen) atoms. The Morgan fingerprint density at radius 3 is 2.24 bits per heavy atom. The third-order valence-corrected chi connectivity index (χ3v) is 4.70. The molecule has 1 aliphatic heterocycles. The van der Waals surface area contributed by atoms with Gasteiger partial charge < -0.3 is 14.6 Å². The number of hydrogen-bond acceptors (Lipinski definition) is 3. The quantitative estimate of drug-likeness (QED) is 0.867. The average Bonchev–Trinajstić information content (AvgIpc) is 2.56. The zero-order valence-electron chi connectivity index (χ0n) is 13.8. The summed E-state index contributed by atoms with van der Waals surface area (Å²) < 4.78 is 12.3. The Morgan fingerprint density at radius 1 is 1.14 bits per heavy atom. The van der Waals surface area contributed by atoms with Gasteiger partial charge in [0, 0.05) is 17.6 Å². The monoisotopic (exact) mass is 309 g/mol. The third-order valence-electron chi connectivity index (χ3n) is 4.35. The Bertz CT molecular complexity index is 501. The molecule has 1 heterocycles. The normalized spacial score (nSPS) is 20.3. The highest BCUT2D eigenvalue weighted by Crippen LogP contribution is 2.37. The SMILES string of the molecule is CC(C)NCc1c(Cl)cccc1B1OC(C)(C)C(C)(C)O1. The molecule has 0 radical (unpaired) electrons. The van der Waals surface area contributed by atoms with Crippen molar-refractivity contribution in [2.75, 3.05) is 0 Å². The van der Waals surface area contributed by atoms with Gasteiger partial charge in [0.25, 0.3) is 0 Å². The van der Waals surface area contributed by atoms with E-state index >= 15 is 0 Å². The minimum atomic E-state index is -0.377. The number of benzene rings is 1. The Balaban J connectivity index is 2.31. The van der Waals surface area contributed by atoms with Crippen LogP contribution in [0.3, 0.4) is 0 Å². The lowest BCUT2D eigenvalue weighted by Crippen LogP contribution is -2.41. The van der Waals surface area contributed by atoms with Crippen molar-refractivity contribution in [1.82, 2.24) is 5.32 Å². The van der Waals surface area contributed by atoms with E-state index in [9.17, 15) is 0 Å². The summed E-state index contributed by atoms with van der Waals surface area (Å²) in [7, 11) is -0.377. The van der Waals surface area contributed by atoms with E-state index in [1.54, 1.807) is 0 Å². The summed E-state index contributed by atoms with van der Waals surface area (Å²) in [5.74, 6) is 0. The summed E-state index contributed by atoms with van der Waals surface area (Å²) in [6.45, 7) is 13.2. The molecule has 0 aromatic heterocycles. The molecule has 1 saturated heterocycles. The van der Waals surface area contributed by atoms with E-state index in [0.717, 1.165) is 16.0 Å². The second kappa shape index (κ2) is 5.92. The van der Waals surface area contributed by atoms with Gasteiger partial charge in [-0.25, -0.2) is 0 Å². The van der Waals surface area contributed by atoms with Crippen molar-refractivity contribution in [2.45, 2.75) is 65.3 Å². The summed E-state index contributed by atoms with van der Waals surface area (Å²) in [4.78, 5) is 0. The zero-order valence-corrected chi connectivity index (χ0v) is 14.5. The summed E-state index contributed by atoms with van der Waals surface area (Å²) in [5, 5.41) is 4.16. The largest absolute Gasteiger partial charge is 0.495 e. The van der Waals surface area contributed by atoms with Gasteiger partial charge in [0.1, 0.15) is 0 Å². The molecule has 116 valence electrons. The van der Waals surface area contributed by atoms with Crippen LogP contribution >= 0.6 is 11.6 Å². The van der Waals surface area contributed by atoms with E-state index in [1.807, 2.05) is 18.2 Å². The van der Waals surface area contributed by atoms with Gasteiger partial charge in [-0.15, -0.1) is 0 Å². The highest BCUT2D eigenvalue weighted by atomic mass is 35.5. The lowest BCUT2D eigenvalue weighted by atomic mass is 9.76. The van der Waals surface area contributed by atoms with Crippen molar-refractivity contribution in [3.05, 3.63) is 28.8 Å². The lowest BCUT2D eigenvalue weighted by molar-refractivity contribution is 0.00578. The maximum atomic E-state index is 6.38. The van der Waals surface area contributed by atoms with Crippen molar-refractivity contribution < 1.29 is 9.31 Å². The van der Waals surface area contributed by atoms with Crippen LogP contribution in [0.15, 0.2) is 18.2 Å². The maximum absolute atomic E-state index is 6.38. The van der Waals surface area contributed by atoms with Crippen LogP contribution in [0.5, 0.6) is 0 Å². The van der Waals surface area contributed by atoms with Crippen molar-refractivity contribution in [3.63, 3.8) is 0 Å². The second-order valence-electron chi connectivity index (χ2n) is 6.93. The Morgan fingerprint density at radius 2 is 1.71 bits per heavy atom. The molecular formula is C16H25BClNO2. The predicted molar refractivity (Wildman–Crippen MR) is 89.1 cm³/mol. The molecular weight excluding hydrogens is 284 g/mol. The van der Waals surface area contributed by atoms with Crippen LogP contribution in [-0.2, 0) is 15.9 Å².